The molecule has 0 saturated heterocycles. The van der Waals surface area contributed by atoms with Crippen molar-refractivity contribution in [3.63, 3.8) is 0 Å². The van der Waals surface area contributed by atoms with Crippen LogP contribution in [-0.2, 0) is 6.54 Å². The van der Waals surface area contributed by atoms with Gasteiger partial charge in [0.2, 0.25) is 0 Å². The number of rotatable bonds is 2. The van der Waals surface area contributed by atoms with Crippen LogP contribution in [0.1, 0.15) is 11.3 Å². The van der Waals surface area contributed by atoms with Gasteiger partial charge in [-0.15, -0.1) is 0 Å². The highest BCUT2D eigenvalue weighted by Gasteiger charge is 2.09. The molecule has 2 N–H and O–H groups in total. The van der Waals surface area contributed by atoms with Crippen LogP contribution in [0, 0.1) is 6.92 Å². The zero-order valence-electron chi connectivity index (χ0n) is 8.74. The Balaban J connectivity index is 2.30. The molecule has 1 aromatic carbocycles. The number of nitrogens with two attached hydrogens (primary N) is 1. The first kappa shape index (κ1) is 11.5. The minimum atomic E-state index is 0.624. The monoisotopic (exact) mass is 299 g/mol. The third kappa shape index (κ3) is 2.23. The molecule has 16 heavy (non-hydrogen) atoms. The number of anilines is 1. The summed E-state index contributed by atoms with van der Waals surface area (Å²) < 4.78 is 2.61. The number of halogens is 2. The van der Waals surface area contributed by atoms with Gasteiger partial charge in [0.1, 0.15) is 5.82 Å². The molecule has 0 aliphatic heterocycles. The van der Waals surface area contributed by atoms with Crippen LogP contribution in [0.3, 0.4) is 0 Å². The van der Waals surface area contributed by atoms with Crippen LogP contribution < -0.4 is 5.73 Å². The first-order chi connectivity index (χ1) is 7.58. The van der Waals surface area contributed by atoms with Gasteiger partial charge in [-0.1, -0.05) is 23.7 Å². The SMILES string of the molecule is Cc1nn(Cc2cccc(Cl)c2)c(N)c1Br. The highest BCUT2D eigenvalue weighted by atomic mass is 79.9. The van der Waals surface area contributed by atoms with Gasteiger partial charge in [-0.2, -0.15) is 5.10 Å². The van der Waals surface area contributed by atoms with Gasteiger partial charge in [-0.25, -0.2) is 4.68 Å². The van der Waals surface area contributed by atoms with Crippen LogP contribution in [0.2, 0.25) is 5.02 Å². The van der Waals surface area contributed by atoms with E-state index >= 15 is 0 Å². The lowest BCUT2D eigenvalue weighted by Crippen LogP contribution is -2.05. The molecule has 1 aromatic heterocycles. The van der Waals surface area contributed by atoms with Crippen molar-refractivity contribution >= 4 is 33.3 Å². The maximum atomic E-state index is 5.92. The molecule has 2 rings (SSSR count). The molecule has 0 aliphatic carbocycles. The van der Waals surface area contributed by atoms with Crippen molar-refractivity contribution in [1.29, 1.82) is 0 Å². The lowest BCUT2D eigenvalue weighted by Gasteiger charge is -2.04. The molecule has 0 atom stereocenters. The van der Waals surface area contributed by atoms with Gasteiger partial charge in [0.15, 0.2) is 0 Å². The van der Waals surface area contributed by atoms with Gasteiger partial charge in [0, 0.05) is 5.02 Å². The van der Waals surface area contributed by atoms with Crippen LogP contribution in [0.25, 0.3) is 0 Å². The van der Waals surface area contributed by atoms with E-state index in [0.29, 0.717) is 12.4 Å². The van der Waals surface area contributed by atoms with Gasteiger partial charge in [0.25, 0.3) is 0 Å². The Labute approximate surface area is 107 Å². The molecule has 0 unspecified atom stereocenters. The number of hydrogen-bond acceptors (Lipinski definition) is 2. The Bertz CT molecular complexity index is 522. The van der Waals surface area contributed by atoms with Crippen molar-refractivity contribution < 1.29 is 0 Å². The Morgan fingerprint density at radius 2 is 2.25 bits per heavy atom. The van der Waals surface area contributed by atoms with Crippen LogP contribution in [-0.4, -0.2) is 9.78 Å². The Kier molecular flexibility index (Phi) is 3.21. The van der Waals surface area contributed by atoms with Crippen LogP contribution in [0.15, 0.2) is 28.7 Å². The van der Waals surface area contributed by atoms with Crippen molar-refractivity contribution in [1.82, 2.24) is 9.78 Å². The third-order valence-electron chi connectivity index (χ3n) is 2.31. The fourth-order valence-electron chi connectivity index (χ4n) is 1.51. The smallest absolute Gasteiger partial charge is 0.136 e. The van der Waals surface area contributed by atoms with E-state index in [-0.39, 0.29) is 0 Å². The molecule has 0 bridgehead atoms. The summed E-state index contributed by atoms with van der Waals surface area (Å²) in [6, 6.07) is 7.67. The lowest BCUT2D eigenvalue weighted by molar-refractivity contribution is 0.689. The summed E-state index contributed by atoms with van der Waals surface area (Å²) in [6.07, 6.45) is 0. The number of nitrogen functional groups attached to an aromatic ring is 1. The lowest BCUT2D eigenvalue weighted by atomic mass is 10.2. The van der Waals surface area contributed by atoms with Crippen LogP contribution in [0.4, 0.5) is 5.82 Å². The van der Waals surface area contributed by atoms with Gasteiger partial charge < -0.3 is 5.73 Å². The van der Waals surface area contributed by atoms with Crippen LogP contribution >= 0.6 is 27.5 Å². The summed E-state index contributed by atoms with van der Waals surface area (Å²) >= 11 is 9.31. The molecule has 0 aliphatic rings. The van der Waals surface area contributed by atoms with E-state index < -0.39 is 0 Å². The number of aryl methyl sites for hydroxylation is 1. The second-order valence-corrected chi connectivity index (χ2v) is 4.80. The molecule has 0 fully saturated rings. The molecule has 0 amide bonds. The number of benzene rings is 1. The predicted molar refractivity (Wildman–Crippen MR) is 69.6 cm³/mol. The number of nitrogens with zero attached hydrogens (tertiary/aromatic N) is 2. The summed E-state index contributed by atoms with van der Waals surface area (Å²) in [6.45, 7) is 2.54. The molecular weight excluding hydrogens is 289 g/mol. The topological polar surface area (TPSA) is 43.8 Å². The zero-order chi connectivity index (χ0) is 11.7. The molecule has 2 aromatic rings. The Hall–Kier alpha value is -1.00. The summed E-state index contributed by atoms with van der Waals surface area (Å²) in [5.41, 5.74) is 7.88. The van der Waals surface area contributed by atoms with E-state index in [1.165, 1.54) is 0 Å². The van der Waals surface area contributed by atoms with Gasteiger partial charge in [-0.05, 0) is 40.5 Å². The van der Waals surface area contributed by atoms with E-state index in [9.17, 15) is 0 Å². The molecule has 0 radical (unpaired) electrons. The van der Waals surface area contributed by atoms with Crippen molar-refractivity contribution in [2.24, 2.45) is 0 Å². The minimum absolute atomic E-state index is 0.624. The Morgan fingerprint density at radius 3 is 2.81 bits per heavy atom. The Morgan fingerprint density at radius 1 is 1.50 bits per heavy atom. The average molecular weight is 301 g/mol. The largest absolute Gasteiger partial charge is 0.383 e. The van der Waals surface area contributed by atoms with Crippen LogP contribution in [0.5, 0.6) is 0 Å². The molecule has 5 heteroatoms. The fourth-order valence-corrected chi connectivity index (χ4v) is 2.00. The van der Waals surface area contributed by atoms with E-state index in [0.717, 1.165) is 20.8 Å². The number of aromatic nitrogens is 2. The van der Waals surface area contributed by atoms with Gasteiger partial charge >= 0.3 is 0 Å². The van der Waals surface area contributed by atoms with E-state index in [1.54, 1.807) is 4.68 Å². The third-order valence-corrected chi connectivity index (χ3v) is 3.53. The summed E-state index contributed by atoms with van der Waals surface area (Å²) in [7, 11) is 0. The average Bonchev–Trinajstić information content (AvgIpc) is 2.47. The normalized spacial score (nSPS) is 10.7. The molecule has 84 valence electrons. The summed E-state index contributed by atoms with van der Waals surface area (Å²) in [5, 5.41) is 5.06. The fraction of sp³-hybridized carbons (Fsp3) is 0.182. The first-order valence-corrected chi connectivity index (χ1v) is 5.98. The van der Waals surface area contributed by atoms with Crippen molar-refractivity contribution in [3.05, 3.63) is 45.0 Å². The first-order valence-electron chi connectivity index (χ1n) is 4.81. The zero-order valence-corrected chi connectivity index (χ0v) is 11.1. The van der Waals surface area contributed by atoms with Gasteiger partial charge in [0.05, 0.1) is 16.7 Å². The maximum absolute atomic E-state index is 5.92. The van der Waals surface area contributed by atoms with E-state index in [1.807, 2.05) is 31.2 Å². The molecule has 0 saturated carbocycles. The minimum Gasteiger partial charge on any atom is -0.383 e. The van der Waals surface area contributed by atoms with Crippen molar-refractivity contribution in [2.75, 3.05) is 5.73 Å². The molecular formula is C11H11BrClN3. The van der Waals surface area contributed by atoms with E-state index in [4.69, 9.17) is 17.3 Å². The predicted octanol–water partition coefficient (Wildman–Crippen LogP) is 3.24. The molecule has 0 spiro atoms. The van der Waals surface area contributed by atoms with E-state index in [2.05, 4.69) is 21.0 Å². The van der Waals surface area contributed by atoms with Crippen molar-refractivity contribution in [2.45, 2.75) is 13.5 Å². The molecule has 1 heterocycles. The van der Waals surface area contributed by atoms with Gasteiger partial charge in [-0.3, -0.25) is 0 Å². The second-order valence-electron chi connectivity index (χ2n) is 3.57. The standard InChI is InChI=1S/C11H11BrClN3/c1-7-10(12)11(14)16(15-7)6-8-3-2-4-9(13)5-8/h2-5H,6,14H2,1H3. The highest BCUT2D eigenvalue weighted by molar-refractivity contribution is 9.10. The summed E-state index contributed by atoms with van der Waals surface area (Å²) in [5.74, 6) is 0.637. The highest BCUT2D eigenvalue weighted by Crippen LogP contribution is 2.23. The summed E-state index contributed by atoms with van der Waals surface area (Å²) in [4.78, 5) is 0. The number of hydrogen-bond donors (Lipinski definition) is 1. The maximum Gasteiger partial charge on any atom is 0.136 e. The van der Waals surface area contributed by atoms with Crippen molar-refractivity contribution in [3.8, 4) is 0 Å². The quantitative estimate of drug-likeness (QED) is 0.925. The molecule has 3 nitrogen and oxygen atoms in total. The second kappa shape index (κ2) is 4.47.